The van der Waals surface area contributed by atoms with E-state index in [-0.39, 0.29) is 17.9 Å². The van der Waals surface area contributed by atoms with Crippen molar-refractivity contribution < 1.29 is 9.59 Å². The Labute approximate surface area is 146 Å². The van der Waals surface area contributed by atoms with E-state index in [2.05, 4.69) is 20.6 Å². The molecule has 0 aromatic carbocycles. The number of anilines is 1. The van der Waals surface area contributed by atoms with Gasteiger partial charge in [0.15, 0.2) is 0 Å². The number of hydrogen-bond acceptors (Lipinski definition) is 5. The Bertz CT molecular complexity index is 778. The Morgan fingerprint density at radius 1 is 1.36 bits per heavy atom. The van der Waals surface area contributed by atoms with Crippen LogP contribution >= 0.6 is 0 Å². The number of carbonyl (C=O) groups excluding carboxylic acids is 2. The average Bonchev–Trinajstić information content (AvgIpc) is 2.91. The largest absolute Gasteiger partial charge is 0.363 e. The molecule has 2 aromatic rings. The van der Waals surface area contributed by atoms with Crippen LogP contribution in [0.1, 0.15) is 41.5 Å². The molecule has 2 amide bonds. The number of pyridine rings is 2. The summed E-state index contributed by atoms with van der Waals surface area (Å²) in [4.78, 5) is 33.7. The second kappa shape index (κ2) is 7.29. The minimum Gasteiger partial charge on any atom is -0.363 e. The van der Waals surface area contributed by atoms with Gasteiger partial charge in [0, 0.05) is 32.4 Å². The first-order chi connectivity index (χ1) is 12.0. The molecule has 1 atom stereocenters. The van der Waals surface area contributed by atoms with Crippen molar-refractivity contribution in [2.45, 2.75) is 26.4 Å². The zero-order valence-corrected chi connectivity index (χ0v) is 14.3. The lowest BCUT2D eigenvalue weighted by Crippen LogP contribution is -2.34. The Morgan fingerprint density at radius 3 is 2.92 bits per heavy atom. The minimum absolute atomic E-state index is 0.0419. The van der Waals surface area contributed by atoms with Crippen LogP contribution in [-0.2, 0) is 11.3 Å². The molecule has 0 saturated heterocycles. The Kier molecular flexibility index (Phi) is 4.92. The van der Waals surface area contributed by atoms with Gasteiger partial charge in [-0.1, -0.05) is 6.07 Å². The topological polar surface area (TPSA) is 87.2 Å². The van der Waals surface area contributed by atoms with Gasteiger partial charge in [-0.2, -0.15) is 0 Å². The molecular formula is C18H21N5O2. The fourth-order valence-electron chi connectivity index (χ4n) is 2.80. The zero-order valence-electron chi connectivity index (χ0n) is 14.3. The van der Waals surface area contributed by atoms with Crippen LogP contribution in [0.4, 0.5) is 5.82 Å². The van der Waals surface area contributed by atoms with Crippen molar-refractivity contribution >= 4 is 17.6 Å². The molecule has 1 aliphatic heterocycles. The molecule has 7 heteroatoms. The van der Waals surface area contributed by atoms with Crippen LogP contribution in [0.15, 0.2) is 36.7 Å². The molecule has 0 unspecified atom stereocenters. The van der Waals surface area contributed by atoms with E-state index in [1.54, 1.807) is 17.2 Å². The molecule has 0 aliphatic carbocycles. The summed E-state index contributed by atoms with van der Waals surface area (Å²) >= 11 is 0. The van der Waals surface area contributed by atoms with Crippen molar-refractivity contribution in [1.29, 1.82) is 0 Å². The normalized spacial score (nSPS) is 14.2. The molecule has 3 heterocycles. The van der Waals surface area contributed by atoms with Crippen molar-refractivity contribution in [2.75, 3.05) is 18.4 Å². The molecule has 0 fully saturated rings. The number of fused-ring (bicyclic) bond motifs is 1. The maximum absolute atomic E-state index is 12.4. The van der Waals surface area contributed by atoms with Gasteiger partial charge in [0.1, 0.15) is 5.82 Å². The van der Waals surface area contributed by atoms with E-state index in [1.807, 2.05) is 31.3 Å². The van der Waals surface area contributed by atoms with E-state index in [0.29, 0.717) is 25.2 Å². The summed E-state index contributed by atoms with van der Waals surface area (Å²) in [5, 5.41) is 6.04. The number of amides is 2. The van der Waals surface area contributed by atoms with Crippen LogP contribution < -0.4 is 10.6 Å². The predicted molar refractivity (Wildman–Crippen MR) is 93.9 cm³/mol. The van der Waals surface area contributed by atoms with Crippen LogP contribution in [0.2, 0.25) is 0 Å². The van der Waals surface area contributed by atoms with Gasteiger partial charge in [0.2, 0.25) is 5.91 Å². The van der Waals surface area contributed by atoms with E-state index in [4.69, 9.17) is 0 Å². The third-order valence-electron chi connectivity index (χ3n) is 4.14. The Morgan fingerprint density at radius 2 is 2.20 bits per heavy atom. The van der Waals surface area contributed by atoms with Gasteiger partial charge in [-0.15, -0.1) is 0 Å². The smallest absolute Gasteiger partial charge is 0.256 e. The SMILES string of the molecule is CC(=O)NCCN1Cc2nc(N[C@@H](C)c3cccnc3)ccc2C1=O. The zero-order chi connectivity index (χ0) is 17.8. The number of aromatic nitrogens is 2. The molecule has 130 valence electrons. The third-order valence-corrected chi connectivity index (χ3v) is 4.14. The van der Waals surface area contributed by atoms with Gasteiger partial charge < -0.3 is 15.5 Å². The summed E-state index contributed by atoms with van der Waals surface area (Å²) in [6.45, 7) is 4.88. The lowest BCUT2D eigenvalue weighted by molar-refractivity contribution is -0.119. The molecule has 0 spiro atoms. The third kappa shape index (κ3) is 3.93. The number of nitrogens with zero attached hydrogens (tertiary/aromatic N) is 3. The van der Waals surface area contributed by atoms with Crippen LogP contribution in [0.3, 0.4) is 0 Å². The van der Waals surface area contributed by atoms with Crippen LogP contribution in [0, 0.1) is 0 Å². The highest BCUT2D eigenvalue weighted by atomic mass is 16.2. The van der Waals surface area contributed by atoms with Gasteiger partial charge in [0.05, 0.1) is 23.8 Å². The lowest BCUT2D eigenvalue weighted by Gasteiger charge is -2.15. The quantitative estimate of drug-likeness (QED) is 0.837. The minimum atomic E-state index is -0.0989. The number of nitrogens with one attached hydrogen (secondary N) is 2. The van der Waals surface area contributed by atoms with Crippen molar-refractivity contribution in [1.82, 2.24) is 20.2 Å². The van der Waals surface area contributed by atoms with E-state index in [1.165, 1.54) is 6.92 Å². The summed E-state index contributed by atoms with van der Waals surface area (Å²) in [5.41, 5.74) is 2.46. The molecule has 3 rings (SSSR count). The molecule has 25 heavy (non-hydrogen) atoms. The van der Waals surface area contributed by atoms with Gasteiger partial charge >= 0.3 is 0 Å². The first-order valence-electron chi connectivity index (χ1n) is 8.24. The van der Waals surface area contributed by atoms with Crippen LogP contribution in [0.25, 0.3) is 0 Å². The van der Waals surface area contributed by atoms with E-state index in [0.717, 1.165) is 17.1 Å². The molecule has 7 nitrogen and oxygen atoms in total. The fourth-order valence-corrected chi connectivity index (χ4v) is 2.80. The maximum Gasteiger partial charge on any atom is 0.256 e. The van der Waals surface area contributed by atoms with Gasteiger partial charge in [-0.25, -0.2) is 4.98 Å². The summed E-state index contributed by atoms with van der Waals surface area (Å²) < 4.78 is 0. The molecule has 2 aromatic heterocycles. The number of rotatable bonds is 6. The Hall–Kier alpha value is -2.96. The first kappa shape index (κ1) is 16.9. The molecule has 0 saturated carbocycles. The summed E-state index contributed by atoms with van der Waals surface area (Å²) in [6.07, 6.45) is 3.56. The molecule has 1 aliphatic rings. The van der Waals surface area contributed by atoms with E-state index in [9.17, 15) is 9.59 Å². The molecule has 0 bridgehead atoms. The van der Waals surface area contributed by atoms with E-state index >= 15 is 0 Å². The van der Waals surface area contributed by atoms with Crippen molar-refractivity contribution in [3.63, 3.8) is 0 Å². The first-order valence-corrected chi connectivity index (χ1v) is 8.24. The fraction of sp³-hybridized carbons (Fsp3) is 0.333. The summed E-state index contributed by atoms with van der Waals surface area (Å²) in [5.74, 6) is 0.587. The Balaban J connectivity index is 1.66. The highest BCUT2D eigenvalue weighted by molar-refractivity contribution is 5.98. The van der Waals surface area contributed by atoms with Gasteiger partial charge in [-0.05, 0) is 30.7 Å². The predicted octanol–water partition coefficient (Wildman–Crippen LogP) is 1.74. The van der Waals surface area contributed by atoms with Gasteiger partial charge in [0.25, 0.3) is 5.91 Å². The molecule has 2 N–H and O–H groups in total. The second-order valence-corrected chi connectivity index (χ2v) is 6.05. The highest BCUT2D eigenvalue weighted by Gasteiger charge is 2.28. The summed E-state index contributed by atoms with van der Waals surface area (Å²) in [6, 6.07) is 7.59. The van der Waals surface area contributed by atoms with Crippen molar-refractivity contribution in [3.05, 3.63) is 53.5 Å². The second-order valence-electron chi connectivity index (χ2n) is 6.05. The average molecular weight is 339 g/mol. The van der Waals surface area contributed by atoms with Crippen molar-refractivity contribution in [2.24, 2.45) is 0 Å². The molecular weight excluding hydrogens is 318 g/mol. The monoisotopic (exact) mass is 339 g/mol. The summed E-state index contributed by atoms with van der Waals surface area (Å²) in [7, 11) is 0. The highest BCUT2D eigenvalue weighted by Crippen LogP contribution is 2.24. The van der Waals surface area contributed by atoms with Gasteiger partial charge in [-0.3, -0.25) is 14.6 Å². The van der Waals surface area contributed by atoms with Crippen molar-refractivity contribution in [3.8, 4) is 0 Å². The van der Waals surface area contributed by atoms with Crippen LogP contribution in [0.5, 0.6) is 0 Å². The maximum atomic E-state index is 12.4. The van der Waals surface area contributed by atoms with E-state index < -0.39 is 0 Å². The molecule has 0 radical (unpaired) electrons. The lowest BCUT2D eigenvalue weighted by atomic mass is 10.1. The number of carbonyl (C=O) groups is 2. The number of hydrogen-bond donors (Lipinski definition) is 2. The van der Waals surface area contributed by atoms with Crippen LogP contribution in [-0.4, -0.2) is 39.8 Å². The standard InChI is InChI=1S/C18H21N5O2/c1-12(14-4-3-7-19-10-14)21-17-6-5-15-16(22-17)11-23(18(15)25)9-8-20-13(2)24/h3-7,10,12H,8-9,11H2,1-2H3,(H,20,24)(H,21,22)/t12-/m0/s1.